The van der Waals surface area contributed by atoms with Crippen LogP contribution >= 0.6 is 0 Å². The summed E-state index contributed by atoms with van der Waals surface area (Å²) in [5.41, 5.74) is 3.59. The van der Waals surface area contributed by atoms with Gasteiger partial charge in [-0.15, -0.1) is 0 Å². The van der Waals surface area contributed by atoms with Crippen LogP contribution in [0.4, 0.5) is 0 Å². The fraction of sp³-hybridized carbons (Fsp3) is 0.857. The highest BCUT2D eigenvalue weighted by Crippen LogP contribution is 2.17. The Balaban J connectivity index is 3.71. The molecule has 27 heavy (non-hydrogen) atoms. The predicted molar refractivity (Wildman–Crippen MR) is 107 cm³/mol. The lowest BCUT2D eigenvalue weighted by atomic mass is 9.87. The van der Waals surface area contributed by atoms with Gasteiger partial charge in [0, 0.05) is 12.8 Å². The van der Waals surface area contributed by atoms with Gasteiger partial charge in [-0.2, -0.15) is 0 Å². The van der Waals surface area contributed by atoms with Crippen molar-refractivity contribution in [1.82, 2.24) is 0 Å². The number of unbranched alkanes of at least 4 members (excludes halogenated alkanes) is 12. The van der Waals surface area contributed by atoms with Gasteiger partial charge in [0.15, 0.2) is 11.3 Å². The van der Waals surface area contributed by atoms with E-state index in [1.165, 1.54) is 57.8 Å². The van der Waals surface area contributed by atoms with Crippen molar-refractivity contribution in [3.8, 4) is 0 Å². The number of carbonyl (C=O) groups is 3. The van der Waals surface area contributed by atoms with Crippen LogP contribution in [0.1, 0.15) is 110 Å². The molecule has 158 valence electrons. The minimum absolute atomic E-state index is 0.0974. The number of hydrogen-bond acceptors (Lipinski definition) is 4. The molecule has 0 aromatic heterocycles. The lowest BCUT2D eigenvalue weighted by Crippen LogP contribution is -2.55. The van der Waals surface area contributed by atoms with Gasteiger partial charge in [-0.25, -0.2) is 4.79 Å². The summed E-state index contributed by atoms with van der Waals surface area (Å²) in [6.07, 6.45) is 14.7. The van der Waals surface area contributed by atoms with Gasteiger partial charge in [-0.05, 0) is 12.8 Å². The fourth-order valence-corrected chi connectivity index (χ4v) is 3.20. The molecule has 0 saturated heterocycles. The normalized spacial score (nSPS) is 13.3. The Kier molecular flexibility index (Phi) is 14.8. The number of nitrogens with two attached hydrogens (primary N) is 1. The second-order valence-corrected chi connectivity index (χ2v) is 7.59. The van der Waals surface area contributed by atoms with E-state index in [1.807, 2.05) is 0 Å². The zero-order valence-electron chi connectivity index (χ0n) is 17.0. The third-order valence-electron chi connectivity index (χ3n) is 5.12. The molecule has 0 spiro atoms. The maximum absolute atomic E-state index is 12.1. The van der Waals surface area contributed by atoms with Gasteiger partial charge in [0.05, 0.1) is 0 Å². The number of hydrogen-bond donors (Lipinski definition) is 3. The number of Topliss-reactive ketones (excluding diaryl/α,β-unsaturated/α-hetero) is 1. The van der Waals surface area contributed by atoms with E-state index in [9.17, 15) is 19.5 Å². The van der Waals surface area contributed by atoms with Crippen molar-refractivity contribution < 1.29 is 24.6 Å². The van der Waals surface area contributed by atoms with Crippen LogP contribution in [0.15, 0.2) is 0 Å². The molecule has 4 N–H and O–H groups in total. The van der Waals surface area contributed by atoms with Gasteiger partial charge in [-0.3, -0.25) is 9.59 Å². The molecule has 1 atom stereocenters. The van der Waals surface area contributed by atoms with Crippen LogP contribution in [0.3, 0.4) is 0 Å². The van der Waals surface area contributed by atoms with E-state index in [2.05, 4.69) is 6.92 Å². The second-order valence-electron chi connectivity index (χ2n) is 7.59. The predicted octanol–water partition coefficient (Wildman–Crippen LogP) is 4.68. The molecular weight excluding hydrogens is 346 g/mol. The molecule has 6 nitrogen and oxygen atoms in total. The third-order valence-corrected chi connectivity index (χ3v) is 5.12. The molecule has 0 aliphatic heterocycles. The number of carboxylic acid groups (broad SMARTS) is 2. The molecule has 0 aliphatic rings. The SMILES string of the molecule is CCCCCCCCCCCCCCCC(=O)C(N)(CCC(=O)O)C(=O)O. The van der Waals surface area contributed by atoms with Crippen molar-refractivity contribution >= 4 is 17.7 Å². The molecule has 6 heteroatoms. The first-order valence-electron chi connectivity index (χ1n) is 10.6. The number of ketones is 1. The summed E-state index contributed by atoms with van der Waals surface area (Å²) in [7, 11) is 0. The number of aliphatic carboxylic acids is 2. The quantitative estimate of drug-likeness (QED) is 0.219. The van der Waals surface area contributed by atoms with Gasteiger partial charge in [0.2, 0.25) is 0 Å². The highest BCUT2D eigenvalue weighted by molar-refractivity contribution is 6.07. The van der Waals surface area contributed by atoms with Crippen LogP contribution in [0.2, 0.25) is 0 Å². The monoisotopic (exact) mass is 385 g/mol. The van der Waals surface area contributed by atoms with Gasteiger partial charge in [0.1, 0.15) is 0 Å². The first kappa shape index (κ1) is 25.6. The Morgan fingerprint density at radius 3 is 1.48 bits per heavy atom. The van der Waals surface area contributed by atoms with Crippen molar-refractivity contribution in [2.75, 3.05) is 0 Å². The standard InChI is InChI=1S/C21H39NO5/c1-2-3-4-5-6-7-8-9-10-11-12-13-14-15-18(23)21(22,20(26)27)17-16-19(24)25/h2-17,22H2,1H3,(H,24,25)(H,26,27). The lowest BCUT2D eigenvalue weighted by molar-refractivity contribution is -0.149. The fourth-order valence-electron chi connectivity index (χ4n) is 3.20. The van der Waals surface area contributed by atoms with E-state index in [1.54, 1.807) is 0 Å². The largest absolute Gasteiger partial charge is 0.481 e. The van der Waals surface area contributed by atoms with Gasteiger partial charge in [0.25, 0.3) is 0 Å². The molecule has 0 amide bonds. The number of carboxylic acids is 2. The minimum atomic E-state index is -2.07. The summed E-state index contributed by atoms with van der Waals surface area (Å²) in [6, 6.07) is 0. The first-order valence-corrected chi connectivity index (χ1v) is 10.6. The van der Waals surface area contributed by atoms with E-state index in [0.717, 1.165) is 19.3 Å². The van der Waals surface area contributed by atoms with Crippen molar-refractivity contribution in [2.45, 2.75) is 115 Å². The van der Waals surface area contributed by atoms with Crippen LogP contribution in [0.5, 0.6) is 0 Å². The molecule has 0 fully saturated rings. The van der Waals surface area contributed by atoms with Gasteiger partial charge >= 0.3 is 11.9 Å². The summed E-state index contributed by atoms with van der Waals surface area (Å²) < 4.78 is 0. The van der Waals surface area contributed by atoms with Crippen molar-refractivity contribution in [1.29, 1.82) is 0 Å². The summed E-state index contributed by atoms with van der Waals surface area (Å²) in [5.74, 6) is -3.16. The van der Waals surface area contributed by atoms with Crippen LogP contribution < -0.4 is 5.73 Å². The Morgan fingerprint density at radius 1 is 0.704 bits per heavy atom. The van der Waals surface area contributed by atoms with Crippen molar-refractivity contribution in [2.24, 2.45) is 5.73 Å². The second kappa shape index (κ2) is 15.6. The van der Waals surface area contributed by atoms with E-state index in [4.69, 9.17) is 10.8 Å². The summed E-state index contributed by atoms with van der Waals surface area (Å²) in [5, 5.41) is 17.9. The Labute approximate surface area is 163 Å². The number of carbonyl (C=O) groups excluding carboxylic acids is 1. The maximum atomic E-state index is 12.1. The maximum Gasteiger partial charge on any atom is 0.331 e. The summed E-state index contributed by atoms with van der Waals surface area (Å²) in [4.78, 5) is 34.0. The highest BCUT2D eigenvalue weighted by atomic mass is 16.4. The molecule has 0 saturated carbocycles. The molecular formula is C21H39NO5. The zero-order chi connectivity index (χ0) is 20.5. The summed E-state index contributed by atoms with van der Waals surface area (Å²) in [6.45, 7) is 2.23. The third kappa shape index (κ3) is 12.6. The molecule has 0 rings (SSSR count). The molecule has 0 aliphatic carbocycles. The Bertz CT molecular complexity index is 438. The van der Waals surface area contributed by atoms with Gasteiger partial charge < -0.3 is 15.9 Å². The Hall–Kier alpha value is -1.43. The van der Waals surface area contributed by atoms with Crippen molar-refractivity contribution in [3.63, 3.8) is 0 Å². The van der Waals surface area contributed by atoms with Crippen LogP contribution in [0, 0.1) is 0 Å². The Morgan fingerprint density at radius 2 is 1.11 bits per heavy atom. The molecule has 0 aromatic carbocycles. The molecule has 0 bridgehead atoms. The van der Waals surface area contributed by atoms with E-state index in [0.29, 0.717) is 6.42 Å². The lowest BCUT2D eigenvalue weighted by Gasteiger charge is -2.22. The van der Waals surface area contributed by atoms with E-state index < -0.39 is 29.7 Å². The summed E-state index contributed by atoms with van der Waals surface area (Å²) >= 11 is 0. The van der Waals surface area contributed by atoms with E-state index in [-0.39, 0.29) is 12.8 Å². The van der Waals surface area contributed by atoms with Crippen molar-refractivity contribution in [3.05, 3.63) is 0 Å². The van der Waals surface area contributed by atoms with E-state index >= 15 is 0 Å². The molecule has 0 heterocycles. The topological polar surface area (TPSA) is 118 Å². The number of rotatable bonds is 19. The molecule has 0 aromatic rings. The average Bonchev–Trinajstić information content (AvgIpc) is 2.63. The average molecular weight is 386 g/mol. The zero-order valence-corrected chi connectivity index (χ0v) is 17.0. The molecule has 1 unspecified atom stereocenters. The van der Waals surface area contributed by atoms with Gasteiger partial charge in [-0.1, -0.05) is 84.0 Å². The first-order chi connectivity index (χ1) is 12.8. The smallest absolute Gasteiger partial charge is 0.331 e. The van der Waals surface area contributed by atoms with Crippen LogP contribution in [-0.4, -0.2) is 33.5 Å². The van der Waals surface area contributed by atoms with Crippen LogP contribution in [0.25, 0.3) is 0 Å². The minimum Gasteiger partial charge on any atom is -0.481 e. The highest BCUT2D eigenvalue weighted by Gasteiger charge is 2.41. The van der Waals surface area contributed by atoms with Crippen LogP contribution in [-0.2, 0) is 14.4 Å². The molecule has 0 radical (unpaired) electrons.